The summed E-state index contributed by atoms with van der Waals surface area (Å²) < 4.78 is 0. The Morgan fingerprint density at radius 3 is 1.20 bits per heavy atom. The molecule has 0 atom stereocenters. The van der Waals surface area contributed by atoms with Crippen LogP contribution in [0.15, 0.2) is 200 Å². The van der Waals surface area contributed by atoms with Crippen LogP contribution in [-0.4, -0.2) is 24.9 Å². The number of hydrogen-bond acceptors (Lipinski definition) is 5. The van der Waals surface area contributed by atoms with E-state index in [2.05, 4.69) is 114 Å². The van der Waals surface area contributed by atoms with Crippen LogP contribution in [0.2, 0.25) is 0 Å². The summed E-state index contributed by atoms with van der Waals surface area (Å²) in [4.78, 5) is 24.8. The van der Waals surface area contributed by atoms with Crippen LogP contribution in [0.4, 0.5) is 0 Å². The lowest BCUT2D eigenvalue weighted by atomic mass is 9.94. The van der Waals surface area contributed by atoms with Crippen molar-refractivity contribution in [3.05, 3.63) is 200 Å². The van der Waals surface area contributed by atoms with Crippen LogP contribution in [0.25, 0.3) is 90.1 Å². The summed E-state index contributed by atoms with van der Waals surface area (Å²) >= 11 is 0. The zero-order valence-electron chi connectivity index (χ0n) is 29.3. The van der Waals surface area contributed by atoms with Crippen molar-refractivity contribution in [1.29, 1.82) is 0 Å². The Hall–Kier alpha value is -7.37. The Morgan fingerprint density at radius 1 is 0.241 bits per heavy atom. The smallest absolute Gasteiger partial charge is 0.161 e. The minimum absolute atomic E-state index is 0.594. The molecular weight excluding hydrogens is 659 g/mol. The first-order valence-corrected chi connectivity index (χ1v) is 17.9. The van der Waals surface area contributed by atoms with Crippen LogP contribution in [0.5, 0.6) is 0 Å². The summed E-state index contributed by atoms with van der Waals surface area (Å²) in [5.74, 6) is 0.594. The van der Waals surface area contributed by atoms with E-state index in [1.807, 2.05) is 85.1 Å². The van der Waals surface area contributed by atoms with Crippen molar-refractivity contribution < 1.29 is 0 Å². The molecule has 0 aliphatic rings. The van der Waals surface area contributed by atoms with E-state index in [0.717, 1.165) is 84.2 Å². The van der Waals surface area contributed by atoms with Gasteiger partial charge in [-0.3, -0.25) is 9.97 Å². The summed E-state index contributed by atoms with van der Waals surface area (Å²) in [5.41, 5.74) is 14.3. The van der Waals surface area contributed by atoms with Crippen molar-refractivity contribution >= 4 is 0 Å². The van der Waals surface area contributed by atoms with Gasteiger partial charge < -0.3 is 0 Å². The molecule has 4 aromatic heterocycles. The number of hydrogen-bond donors (Lipinski definition) is 0. The molecule has 5 heteroatoms. The van der Waals surface area contributed by atoms with Gasteiger partial charge in [0.15, 0.2) is 5.82 Å². The summed E-state index contributed by atoms with van der Waals surface area (Å²) in [6.45, 7) is 0. The predicted octanol–water partition coefficient (Wildman–Crippen LogP) is 12.0. The predicted molar refractivity (Wildman–Crippen MR) is 219 cm³/mol. The molecule has 0 spiro atoms. The van der Waals surface area contributed by atoms with Gasteiger partial charge in [0.25, 0.3) is 0 Å². The highest BCUT2D eigenvalue weighted by atomic mass is 14.9. The van der Waals surface area contributed by atoms with E-state index >= 15 is 0 Å². The van der Waals surface area contributed by atoms with Crippen molar-refractivity contribution in [2.45, 2.75) is 0 Å². The third-order valence-corrected chi connectivity index (χ3v) is 9.38. The Labute approximate surface area is 314 Å². The molecule has 0 N–H and O–H groups in total. The van der Waals surface area contributed by atoms with Crippen LogP contribution < -0.4 is 0 Å². The van der Waals surface area contributed by atoms with Crippen molar-refractivity contribution in [2.75, 3.05) is 0 Å². The molecule has 5 aromatic carbocycles. The molecule has 0 radical (unpaired) electrons. The summed E-state index contributed by atoms with van der Waals surface area (Å²) in [6.07, 6.45) is 3.63. The van der Waals surface area contributed by atoms with Crippen LogP contribution in [0, 0.1) is 0 Å². The normalized spacial score (nSPS) is 11.0. The molecule has 4 heterocycles. The second-order valence-corrected chi connectivity index (χ2v) is 13.0. The largest absolute Gasteiger partial charge is 0.255 e. The molecule has 0 saturated carbocycles. The molecule has 54 heavy (non-hydrogen) atoms. The fourth-order valence-corrected chi connectivity index (χ4v) is 6.63. The third-order valence-electron chi connectivity index (χ3n) is 9.38. The van der Waals surface area contributed by atoms with E-state index in [1.54, 1.807) is 6.20 Å². The Balaban J connectivity index is 1.16. The summed E-state index contributed by atoms with van der Waals surface area (Å²) in [6, 6.07) is 64.3. The molecule has 9 aromatic rings. The van der Waals surface area contributed by atoms with Crippen molar-refractivity contribution in [3.63, 3.8) is 0 Å². The second-order valence-electron chi connectivity index (χ2n) is 13.0. The average molecular weight is 692 g/mol. The van der Waals surface area contributed by atoms with Crippen LogP contribution in [0.1, 0.15) is 0 Å². The van der Waals surface area contributed by atoms with Gasteiger partial charge >= 0.3 is 0 Å². The van der Waals surface area contributed by atoms with E-state index in [4.69, 9.17) is 19.9 Å². The maximum absolute atomic E-state index is 5.20. The van der Waals surface area contributed by atoms with Gasteiger partial charge in [0.1, 0.15) is 0 Å². The first-order valence-electron chi connectivity index (χ1n) is 17.9. The number of benzene rings is 5. The van der Waals surface area contributed by atoms with Gasteiger partial charge in [-0.2, -0.15) is 0 Å². The SMILES string of the molecule is c1ccc(-c2cc(-c3ccccc3)cc(-c3cc(-c4ccccc4)nc(-c4ccc(-c5cc(-c6ccccc6)cc(-c6ccccn6)n5)nc4)n3)c2)cc1. The van der Waals surface area contributed by atoms with Crippen molar-refractivity contribution in [2.24, 2.45) is 0 Å². The van der Waals surface area contributed by atoms with Gasteiger partial charge in [0, 0.05) is 29.1 Å². The van der Waals surface area contributed by atoms with Crippen LogP contribution in [0.3, 0.4) is 0 Å². The molecule has 9 rings (SSSR count). The van der Waals surface area contributed by atoms with Crippen molar-refractivity contribution in [3.8, 4) is 90.1 Å². The highest BCUT2D eigenvalue weighted by molar-refractivity contribution is 5.82. The molecule has 0 amide bonds. The maximum Gasteiger partial charge on any atom is 0.161 e. The minimum atomic E-state index is 0.594. The number of rotatable bonds is 8. The van der Waals surface area contributed by atoms with Gasteiger partial charge in [-0.05, 0) is 94.0 Å². The van der Waals surface area contributed by atoms with E-state index in [1.165, 1.54) is 0 Å². The zero-order valence-corrected chi connectivity index (χ0v) is 29.3. The van der Waals surface area contributed by atoms with Gasteiger partial charge in [0.05, 0.1) is 34.2 Å². The summed E-state index contributed by atoms with van der Waals surface area (Å²) in [5, 5.41) is 0. The molecule has 0 aliphatic heterocycles. The van der Waals surface area contributed by atoms with Crippen LogP contribution in [-0.2, 0) is 0 Å². The third kappa shape index (κ3) is 6.94. The van der Waals surface area contributed by atoms with Gasteiger partial charge in [-0.15, -0.1) is 0 Å². The van der Waals surface area contributed by atoms with E-state index in [-0.39, 0.29) is 0 Å². The highest BCUT2D eigenvalue weighted by Crippen LogP contribution is 2.35. The Morgan fingerprint density at radius 2 is 0.704 bits per heavy atom. The molecule has 0 saturated heterocycles. The standard InChI is InChI=1S/C49H33N5/c1-5-15-34(16-6-1)39-27-40(35-17-7-2-8-18-35)29-42(28-39)46-32-45(37-21-11-4-12-22-37)53-49(54-46)38-24-25-44(51-33-38)48-31-41(36-19-9-3-10-20-36)30-47(52-48)43-23-13-14-26-50-43/h1-33H. The van der Waals surface area contributed by atoms with Gasteiger partial charge in [0.2, 0.25) is 0 Å². The van der Waals surface area contributed by atoms with Crippen LogP contribution >= 0.6 is 0 Å². The van der Waals surface area contributed by atoms with Gasteiger partial charge in [-0.25, -0.2) is 15.0 Å². The minimum Gasteiger partial charge on any atom is -0.255 e. The molecule has 5 nitrogen and oxygen atoms in total. The second kappa shape index (κ2) is 14.7. The fourth-order valence-electron chi connectivity index (χ4n) is 6.63. The van der Waals surface area contributed by atoms with E-state index in [9.17, 15) is 0 Å². The Kier molecular flexibility index (Phi) is 8.86. The van der Waals surface area contributed by atoms with Gasteiger partial charge in [-0.1, -0.05) is 127 Å². The van der Waals surface area contributed by atoms with E-state index < -0.39 is 0 Å². The number of pyridine rings is 3. The molecule has 0 bridgehead atoms. The van der Waals surface area contributed by atoms with Crippen molar-refractivity contribution in [1.82, 2.24) is 24.9 Å². The Bertz CT molecular complexity index is 2550. The lowest BCUT2D eigenvalue weighted by molar-refractivity contribution is 1.17. The fraction of sp³-hybridized carbons (Fsp3) is 0. The monoisotopic (exact) mass is 691 g/mol. The first kappa shape index (κ1) is 32.5. The average Bonchev–Trinajstić information content (AvgIpc) is 3.27. The lowest BCUT2D eigenvalue weighted by Crippen LogP contribution is -1.98. The quantitative estimate of drug-likeness (QED) is 0.159. The highest BCUT2D eigenvalue weighted by Gasteiger charge is 2.15. The first-order chi connectivity index (χ1) is 26.7. The molecule has 0 fully saturated rings. The number of nitrogens with zero attached hydrogens (tertiary/aromatic N) is 5. The molecule has 254 valence electrons. The van der Waals surface area contributed by atoms with E-state index in [0.29, 0.717) is 5.82 Å². The molecule has 0 unspecified atom stereocenters. The maximum atomic E-state index is 5.20. The zero-order chi connectivity index (χ0) is 36.1. The molecular formula is C49H33N5. The summed E-state index contributed by atoms with van der Waals surface area (Å²) in [7, 11) is 0. The molecule has 0 aliphatic carbocycles. The topological polar surface area (TPSA) is 64.5 Å². The number of aromatic nitrogens is 5. The lowest BCUT2D eigenvalue weighted by Gasteiger charge is -2.13.